The van der Waals surface area contributed by atoms with Crippen LogP contribution in [0.2, 0.25) is 0 Å². The van der Waals surface area contributed by atoms with Gasteiger partial charge in [-0.2, -0.15) is 0 Å². The van der Waals surface area contributed by atoms with E-state index in [1.165, 1.54) is 16.7 Å². The highest BCUT2D eigenvalue weighted by Gasteiger charge is 2.25. The number of allylic oxidation sites excluding steroid dienone is 3. The van der Waals surface area contributed by atoms with Crippen LogP contribution in [-0.4, -0.2) is 78.9 Å². The summed E-state index contributed by atoms with van der Waals surface area (Å²) >= 11 is 0. The van der Waals surface area contributed by atoms with Crippen molar-refractivity contribution in [3.05, 3.63) is 65.3 Å². The predicted molar refractivity (Wildman–Crippen MR) is 137 cm³/mol. The number of aliphatic hydroxyl groups is 1. The number of nitrogens with one attached hydrogen (secondary N) is 1. The van der Waals surface area contributed by atoms with Gasteiger partial charge in [0.2, 0.25) is 5.91 Å². The first kappa shape index (κ1) is 24.7. The zero-order chi connectivity index (χ0) is 23.9. The van der Waals surface area contributed by atoms with Gasteiger partial charge in [0, 0.05) is 57.7 Å². The first-order chi connectivity index (χ1) is 16.5. The molecule has 184 valence electrons. The molecule has 3 aliphatic heterocycles. The minimum Gasteiger partial charge on any atom is -0.390 e. The summed E-state index contributed by atoms with van der Waals surface area (Å²) in [6, 6.07) is 6.85. The SMILES string of the molecule is C=C/C=C\C1=C(C)CN(CC(O)CN2CCc3cc(NC4CCOCC4)ccc3CC2=O)CC1. The molecule has 6 nitrogen and oxygen atoms in total. The minimum atomic E-state index is -0.547. The lowest BCUT2D eigenvalue weighted by atomic mass is 10.0. The molecule has 1 aromatic rings. The van der Waals surface area contributed by atoms with E-state index < -0.39 is 6.10 Å². The minimum absolute atomic E-state index is 0.106. The lowest BCUT2D eigenvalue weighted by molar-refractivity contribution is -0.131. The molecule has 0 aliphatic carbocycles. The Bertz CT molecular complexity index is 933. The standard InChI is InChI=1S/C28H39N3O3/c1-3-4-5-22-8-12-30(18-21(22)2)19-27(32)20-31-13-9-24-16-26(7-6-23(24)17-28(31)33)29-25-10-14-34-15-11-25/h3-7,16,25,27,29,32H,1,8-15,17-20H2,2H3/b5-4-. The quantitative estimate of drug-likeness (QED) is 0.577. The van der Waals surface area contributed by atoms with Crippen LogP contribution < -0.4 is 5.32 Å². The van der Waals surface area contributed by atoms with Gasteiger partial charge in [0.25, 0.3) is 0 Å². The number of ether oxygens (including phenoxy) is 1. The van der Waals surface area contributed by atoms with Gasteiger partial charge in [-0.1, -0.05) is 36.4 Å². The number of benzene rings is 1. The summed E-state index contributed by atoms with van der Waals surface area (Å²) in [5, 5.41) is 14.4. The van der Waals surface area contributed by atoms with Crippen molar-refractivity contribution < 1.29 is 14.6 Å². The van der Waals surface area contributed by atoms with Crippen molar-refractivity contribution in [1.82, 2.24) is 9.80 Å². The molecule has 0 saturated carbocycles. The van der Waals surface area contributed by atoms with Gasteiger partial charge in [0.1, 0.15) is 0 Å². The monoisotopic (exact) mass is 465 g/mol. The van der Waals surface area contributed by atoms with Crippen LogP contribution in [0.3, 0.4) is 0 Å². The maximum atomic E-state index is 13.0. The molecule has 1 saturated heterocycles. The van der Waals surface area contributed by atoms with E-state index in [9.17, 15) is 9.90 Å². The zero-order valence-electron chi connectivity index (χ0n) is 20.5. The van der Waals surface area contributed by atoms with Crippen molar-refractivity contribution in [3.8, 4) is 0 Å². The summed E-state index contributed by atoms with van der Waals surface area (Å²) in [6.45, 7) is 10.9. The van der Waals surface area contributed by atoms with E-state index >= 15 is 0 Å². The molecule has 3 aliphatic rings. The maximum Gasteiger partial charge on any atom is 0.227 e. The van der Waals surface area contributed by atoms with Crippen molar-refractivity contribution in [2.45, 2.75) is 51.2 Å². The summed E-state index contributed by atoms with van der Waals surface area (Å²) in [5.74, 6) is 0.106. The van der Waals surface area contributed by atoms with Gasteiger partial charge < -0.3 is 20.1 Å². The highest BCUT2D eigenvalue weighted by atomic mass is 16.5. The molecule has 4 rings (SSSR count). The molecule has 0 bridgehead atoms. The fourth-order valence-corrected chi connectivity index (χ4v) is 5.23. The van der Waals surface area contributed by atoms with Crippen LogP contribution in [0, 0.1) is 0 Å². The summed E-state index contributed by atoms with van der Waals surface area (Å²) in [5.41, 5.74) is 6.16. The van der Waals surface area contributed by atoms with Gasteiger partial charge in [0.05, 0.1) is 12.5 Å². The molecule has 0 spiro atoms. The average molecular weight is 466 g/mol. The van der Waals surface area contributed by atoms with Gasteiger partial charge in [-0.25, -0.2) is 0 Å². The van der Waals surface area contributed by atoms with Crippen molar-refractivity contribution in [2.75, 3.05) is 51.3 Å². The topological polar surface area (TPSA) is 65.0 Å². The fourth-order valence-electron chi connectivity index (χ4n) is 5.23. The van der Waals surface area contributed by atoms with Crippen LogP contribution in [0.25, 0.3) is 0 Å². The molecular formula is C28H39N3O3. The van der Waals surface area contributed by atoms with Gasteiger partial charge >= 0.3 is 0 Å². The molecule has 1 aromatic carbocycles. The van der Waals surface area contributed by atoms with Gasteiger partial charge in [0.15, 0.2) is 0 Å². The molecule has 1 unspecified atom stereocenters. The number of anilines is 1. The molecule has 0 aromatic heterocycles. The highest BCUT2D eigenvalue weighted by Crippen LogP contribution is 2.24. The second-order valence-electron chi connectivity index (χ2n) is 9.82. The van der Waals surface area contributed by atoms with Gasteiger partial charge in [-0.05, 0) is 61.4 Å². The normalized spacial score (nSPS) is 21.5. The van der Waals surface area contributed by atoms with E-state index in [1.54, 1.807) is 6.08 Å². The first-order valence-corrected chi connectivity index (χ1v) is 12.6. The number of hydrogen-bond donors (Lipinski definition) is 2. The Morgan fingerprint density at radius 2 is 2.03 bits per heavy atom. The molecule has 2 N–H and O–H groups in total. The number of aliphatic hydroxyl groups excluding tert-OH is 1. The highest BCUT2D eigenvalue weighted by molar-refractivity contribution is 5.80. The number of nitrogens with zero attached hydrogens (tertiary/aromatic N) is 2. The maximum absolute atomic E-state index is 13.0. The molecule has 6 heteroatoms. The number of carbonyl (C=O) groups excluding carboxylic acids is 1. The number of rotatable bonds is 8. The van der Waals surface area contributed by atoms with Crippen LogP contribution in [0.1, 0.15) is 37.3 Å². The lowest BCUT2D eigenvalue weighted by Crippen LogP contribution is -2.44. The van der Waals surface area contributed by atoms with Crippen molar-refractivity contribution in [1.29, 1.82) is 0 Å². The van der Waals surface area contributed by atoms with Crippen LogP contribution in [-0.2, 0) is 22.4 Å². The van der Waals surface area contributed by atoms with E-state index in [4.69, 9.17) is 4.74 Å². The Hall–Kier alpha value is -2.41. The summed E-state index contributed by atoms with van der Waals surface area (Å²) in [7, 11) is 0. The number of amides is 1. The first-order valence-electron chi connectivity index (χ1n) is 12.6. The van der Waals surface area contributed by atoms with Crippen molar-refractivity contribution >= 4 is 11.6 Å². The molecule has 0 radical (unpaired) electrons. The molecule has 1 amide bonds. The summed E-state index contributed by atoms with van der Waals surface area (Å²) < 4.78 is 5.46. The van der Waals surface area contributed by atoms with E-state index in [-0.39, 0.29) is 5.91 Å². The Balaban J connectivity index is 1.30. The molecule has 1 atom stereocenters. The van der Waals surface area contributed by atoms with Crippen LogP contribution >= 0.6 is 0 Å². The average Bonchev–Trinajstić information content (AvgIpc) is 2.97. The second kappa shape index (κ2) is 11.8. The second-order valence-corrected chi connectivity index (χ2v) is 9.82. The Kier molecular flexibility index (Phi) is 8.59. The Morgan fingerprint density at radius 3 is 2.79 bits per heavy atom. The van der Waals surface area contributed by atoms with E-state index in [1.807, 2.05) is 11.0 Å². The number of β-amino-alcohol motifs (C(OH)–C–C–N with tert-alkyl or cyclic N) is 1. The summed E-state index contributed by atoms with van der Waals surface area (Å²) in [4.78, 5) is 17.1. The lowest BCUT2D eigenvalue weighted by Gasteiger charge is -2.32. The third-order valence-electron chi connectivity index (χ3n) is 7.18. The third kappa shape index (κ3) is 6.59. The Labute approximate surface area is 204 Å². The van der Waals surface area contributed by atoms with E-state index in [0.717, 1.165) is 63.2 Å². The van der Waals surface area contributed by atoms with Gasteiger partial charge in [-0.15, -0.1) is 0 Å². The Morgan fingerprint density at radius 1 is 1.21 bits per heavy atom. The fraction of sp³-hybridized carbons (Fsp3) is 0.536. The number of hydrogen-bond acceptors (Lipinski definition) is 5. The van der Waals surface area contributed by atoms with Crippen LogP contribution in [0.5, 0.6) is 0 Å². The van der Waals surface area contributed by atoms with Crippen molar-refractivity contribution in [2.24, 2.45) is 0 Å². The van der Waals surface area contributed by atoms with Crippen LogP contribution in [0.4, 0.5) is 5.69 Å². The van der Waals surface area contributed by atoms with Gasteiger partial charge in [-0.3, -0.25) is 9.69 Å². The zero-order valence-corrected chi connectivity index (χ0v) is 20.5. The molecule has 34 heavy (non-hydrogen) atoms. The van der Waals surface area contributed by atoms with Crippen molar-refractivity contribution in [3.63, 3.8) is 0 Å². The van der Waals surface area contributed by atoms with E-state index in [0.29, 0.717) is 32.1 Å². The van der Waals surface area contributed by atoms with Crippen LogP contribution in [0.15, 0.2) is 54.2 Å². The largest absolute Gasteiger partial charge is 0.390 e. The number of fused-ring (bicyclic) bond motifs is 1. The number of carbonyl (C=O) groups is 1. The van der Waals surface area contributed by atoms with E-state index in [2.05, 4.69) is 48.0 Å². The molecule has 1 fully saturated rings. The summed E-state index contributed by atoms with van der Waals surface area (Å²) in [6.07, 6.45) is 9.63. The molecular weight excluding hydrogens is 426 g/mol. The molecule has 3 heterocycles. The smallest absolute Gasteiger partial charge is 0.227 e. The third-order valence-corrected chi connectivity index (χ3v) is 7.18. The predicted octanol–water partition coefficient (Wildman–Crippen LogP) is 3.33.